The van der Waals surface area contributed by atoms with Gasteiger partial charge >= 0.3 is 0 Å². The van der Waals surface area contributed by atoms with Crippen molar-refractivity contribution in [2.75, 3.05) is 12.8 Å². The van der Waals surface area contributed by atoms with Gasteiger partial charge in [-0.3, -0.25) is 0 Å². The second-order valence-corrected chi connectivity index (χ2v) is 9.09. The summed E-state index contributed by atoms with van der Waals surface area (Å²) in [6.07, 6.45) is 1.26. The van der Waals surface area contributed by atoms with E-state index in [-0.39, 0.29) is 18.0 Å². The Morgan fingerprint density at radius 1 is 1.32 bits per heavy atom. The van der Waals surface area contributed by atoms with Crippen LogP contribution >= 0.6 is 12.2 Å². The zero-order valence-corrected chi connectivity index (χ0v) is 13.9. The Kier molecular flexibility index (Phi) is 6.34. The second kappa shape index (κ2) is 6.44. The lowest BCUT2D eigenvalue weighted by Crippen LogP contribution is -2.53. The molecule has 0 aromatic carbocycles. The van der Waals surface area contributed by atoms with Gasteiger partial charge in [-0.15, -0.1) is 0 Å². The maximum atomic E-state index is 12.0. The van der Waals surface area contributed by atoms with Crippen LogP contribution in [0.1, 0.15) is 27.2 Å². The van der Waals surface area contributed by atoms with Gasteiger partial charge in [-0.25, -0.2) is 26.3 Å². The molecule has 0 aromatic heterocycles. The maximum absolute atomic E-state index is 12.0. The Bertz CT molecular complexity index is 525. The van der Waals surface area contributed by atoms with Crippen LogP contribution in [-0.2, 0) is 20.0 Å². The van der Waals surface area contributed by atoms with Gasteiger partial charge in [0.1, 0.15) is 5.25 Å². The fourth-order valence-corrected chi connectivity index (χ4v) is 4.62. The molecule has 1 unspecified atom stereocenters. The first-order valence-corrected chi connectivity index (χ1v) is 9.42. The highest BCUT2D eigenvalue weighted by Gasteiger charge is 2.30. The van der Waals surface area contributed by atoms with E-state index in [4.69, 9.17) is 18.0 Å². The van der Waals surface area contributed by atoms with Gasteiger partial charge in [0, 0.05) is 12.1 Å². The van der Waals surface area contributed by atoms with Crippen LogP contribution in [0.3, 0.4) is 0 Å². The van der Waals surface area contributed by atoms with Gasteiger partial charge in [0.25, 0.3) is 0 Å². The third-order valence-corrected chi connectivity index (χ3v) is 5.48. The van der Waals surface area contributed by atoms with E-state index in [2.05, 4.69) is 9.44 Å². The molecule has 0 bridgehead atoms. The average Bonchev–Trinajstić information content (AvgIpc) is 2.11. The van der Waals surface area contributed by atoms with Crippen LogP contribution in [0.2, 0.25) is 0 Å². The second-order valence-electron chi connectivity index (χ2n) is 4.92. The summed E-state index contributed by atoms with van der Waals surface area (Å²) in [4.78, 5) is -0.108. The lowest BCUT2D eigenvalue weighted by Gasteiger charge is -2.26. The first-order chi connectivity index (χ1) is 8.31. The van der Waals surface area contributed by atoms with Crippen LogP contribution in [0.5, 0.6) is 0 Å². The fourth-order valence-electron chi connectivity index (χ4n) is 1.49. The molecule has 0 saturated heterocycles. The van der Waals surface area contributed by atoms with Gasteiger partial charge in [-0.05, 0) is 20.3 Å². The summed E-state index contributed by atoms with van der Waals surface area (Å²) in [5, 5.41) is -0.962. The Morgan fingerprint density at radius 2 is 1.79 bits per heavy atom. The number of hydrogen-bond acceptors (Lipinski definition) is 5. The van der Waals surface area contributed by atoms with Crippen LogP contribution in [-0.4, -0.2) is 45.4 Å². The Hall–Kier alpha value is -0.290. The van der Waals surface area contributed by atoms with Crippen molar-refractivity contribution in [3.05, 3.63) is 0 Å². The predicted octanol–water partition coefficient (Wildman–Crippen LogP) is -0.702. The number of hydrogen-bond donors (Lipinski definition) is 3. The molecule has 0 aliphatic carbocycles. The summed E-state index contributed by atoms with van der Waals surface area (Å²) < 4.78 is 50.9. The zero-order chi connectivity index (χ0) is 15.5. The summed E-state index contributed by atoms with van der Waals surface area (Å²) in [5.74, 6) is 0. The van der Waals surface area contributed by atoms with Crippen molar-refractivity contribution in [2.45, 2.75) is 38.0 Å². The average molecular weight is 331 g/mol. The zero-order valence-electron chi connectivity index (χ0n) is 11.4. The molecule has 1 atom stereocenters. The Labute approximate surface area is 120 Å². The van der Waals surface area contributed by atoms with E-state index in [0.717, 1.165) is 6.26 Å². The minimum atomic E-state index is -3.71. The number of rotatable bonds is 8. The van der Waals surface area contributed by atoms with Crippen molar-refractivity contribution < 1.29 is 16.8 Å². The van der Waals surface area contributed by atoms with Crippen molar-refractivity contribution in [2.24, 2.45) is 5.73 Å². The molecule has 0 fully saturated rings. The molecular formula is C9H21N3O4S3. The highest BCUT2D eigenvalue weighted by molar-refractivity contribution is 7.93. The molecule has 4 N–H and O–H groups in total. The molecule has 0 aliphatic rings. The van der Waals surface area contributed by atoms with E-state index in [0.29, 0.717) is 0 Å². The van der Waals surface area contributed by atoms with Crippen LogP contribution in [0, 0.1) is 0 Å². The van der Waals surface area contributed by atoms with Gasteiger partial charge in [-0.1, -0.05) is 19.1 Å². The molecule has 0 radical (unpaired) electrons. The summed E-state index contributed by atoms with van der Waals surface area (Å²) >= 11 is 4.71. The van der Waals surface area contributed by atoms with Crippen LogP contribution in [0.15, 0.2) is 0 Å². The molecule has 7 nitrogen and oxygen atoms in total. The van der Waals surface area contributed by atoms with E-state index in [1.807, 2.05) is 0 Å². The summed E-state index contributed by atoms with van der Waals surface area (Å²) in [5.41, 5.74) is 4.43. The van der Waals surface area contributed by atoms with Gasteiger partial charge in [0.15, 0.2) is 0 Å². The topological polar surface area (TPSA) is 118 Å². The lowest BCUT2D eigenvalue weighted by molar-refractivity contribution is 0.445. The van der Waals surface area contributed by atoms with Crippen LogP contribution in [0.25, 0.3) is 0 Å². The largest absolute Gasteiger partial charge is 0.392 e. The van der Waals surface area contributed by atoms with Crippen molar-refractivity contribution in [1.29, 1.82) is 0 Å². The molecule has 0 rings (SSSR count). The molecule has 0 aromatic rings. The highest BCUT2D eigenvalue weighted by Crippen LogP contribution is 2.08. The SMILES string of the molecule is CCC(C(N)=S)S(=O)(=O)NCC(C)(C)NS(C)(=O)=O. The molecular weight excluding hydrogens is 310 g/mol. The normalized spacial score (nSPS) is 15.2. The molecule has 0 aliphatic heterocycles. The molecule has 19 heavy (non-hydrogen) atoms. The monoisotopic (exact) mass is 331 g/mol. The summed E-state index contributed by atoms with van der Waals surface area (Å²) in [6.45, 7) is 4.70. The van der Waals surface area contributed by atoms with Gasteiger partial charge in [-0.2, -0.15) is 0 Å². The van der Waals surface area contributed by atoms with E-state index in [1.165, 1.54) is 0 Å². The van der Waals surface area contributed by atoms with Crippen molar-refractivity contribution in [1.82, 2.24) is 9.44 Å². The molecule has 0 heterocycles. The first-order valence-electron chi connectivity index (χ1n) is 5.57. The van der Waals surface area contributed by atoms with E-state index in [1.54, 1.807) is 20.8 Å². The minimum absolute atomic E-state index is 0.0957. The fraction of sp³-hybridized carbons (Fsp3) is 0.889. The van der Waals surface area contributed by atoms with Crippen LogP contribution in [0.4, 0.5) is 0 Å². The maximum Gasteiger partial charge on any atom is 0.221 e. The van der Waals surface area contributed by atoms with Gasteiger partial charge < -0.3 is 5.73 Å². The molecule has 10 heteroatoms. The molecule has 0 amide bonds. The van der Waals surface area contributed by atoms with Crippen molar-refractivity contribution >= 4 is 37.3 Å². The highest BCUT2D eigenvalue weighted by atomic mass is 32.2. The number of nitrogens with two attached hydrogens (primary N) is 1. The van der Waals surface area contributed by atoms with Crippen LogP contribution < -0.4 is 15.2 Å². The summed E-state index contributed by atoms with van der Waals surface area (Å²) in [7, 11) is -7.14. The third-order valence-electron chi connectivity index (χ3n) is 2.24. The van der Waals surface area contributed by atoms with Gasteiger partial charge in [0.2, 0.25) is 20.0 Å². The third kappa shape index (κ3) is 7.16. The van der Waals surface area contributed by atoms with Gasteiger partial charge in [0.05, 0.1) is 11.2 Å². The van der Waals surface area contributed by atoms with E-state index >= 15 is 0 Å². The smallest absolute Gasteiger partial charge is 0.221 e. The van der Waals surface area contributed by atoms with E-state index < -0.39 is 30.8 Å². The number of thiocarbonyl (C=S) groups is 1. The Morgan fingerprint density at radius 3 is 2.11 bits per heavy atom. The predicted molar refractivity (Wildman–Crippen MR) is 79.8 cm³/mol. The molecule has 0 saturated carbocycles. The molecule has 0 spiro atoms. The van der Waals surface area contributed by atoms with Crippen molar-refractivity contribution in [3.63, 3.8) is 0 Å². The minimum Gasteiger partial charge on any atom is -0.392 e. The first kappa shape index (κ1) is 18.7. The van der Waals surface area contributed by atoms with Crippen molar-refractivity contribution in [3.8, 4) is 0 Å². The standard InChI is InChI=1S/C9H21N3O4S3/c1-5-7(8(10)17)19(15,16)11-6-9(2,3)12-18(4,13)14/h7,11-12H,5-6H2,1-4H3,(H2,10,17). The number of sulfonamides is 2. The molecule has 114 valence electrons. The quantitative estimate of drug-likeness (QED) is 0.506. The Balaban J connectivity index is 4.84. The number of nitrogens with one attached hydrogen (secondary N) is 2. The lowest BCUT2D eigenvalue weighted by atomic mass is 10.1. The summed E-state index contributed by atoms with van der Waals surface area (Å²) in [6, 6.07) is 0. The van der Waals surface area contributed by atoms with E-state index in [9.17, 15) is 16.8 Å².